The summed E-state index contributed by atoms with van der Waals surface area (Å²) >= 11 is 4.07. The molecule has 0 rings (SSSR count). The Morgan fingerprint density at radius 1 is 1.50 bits per heavy atom. The fourth-order valence-electron chi connectivity index (χ4n) is 0.321. The second kappa shape index (κ2) is 2.82. The molecule has 0 amide bonds. The van der Waals surface area contributed by atoms with Gasteiger partial charge in [0, 0.05) is 10.6 Å². The second-order valence-corrected chi connectivity index (χ2v) is 2.32. The van der Waals surface area contributed by atoms with Gasteiger partial charge >= 0.3 is 0 Å². The highest BCUT2D eigenvalue weighted by Gasteiger charge is 1.90. The zero-order chi connectivity index (χ0) is 6.73. The Kier molecular flexibility index (Phi) is 2.69. The number of allylic oxidation sites excluding steroid dienone is 1. The van der Waals surface area contributed by atoms with Crippen LogP contribution in [0.1, 0.15) is 13.8 Å². The Bertz CT molecular complexity index is 131. The van der Waals surface area contributed by atoms with Gasteiger partial charge in [0.2, 0.25) is 0 Å². The molecule has 0 aromatic heterocycles. The quantitative estimate of drug-likeness (QED) is 0.409. The normalized spacial score (nSPS) is 8.38. The summed E-state index contributed by atoms with van der Waals surface area (Å²) in [4.78, 5) is 0.796. The van der Waals surface area contributed by atoms with Crippen molar-refractivity contribution in [2.75, 3.05) is 0 Å². The Morgan fingerprint density at radius 2 is 1.88 bits per heavy atom. The molecule has 1 nitrogen and oxygen atoms in total. The molecule has 0 spiro atoms. The van der Waals surface area contributed by atoms with E-state index in [4.69, 9.17) is 5.73 Å². The van der Waals surface area contributed by atoms with E-state index in [1.165, 1.54) is 0 Å². The third kappa shape index (κ3) is 2.07. The molecule has 0 saturated heterocycles. The van der Waals surface area contributed by atoms with Gasteiger partial charge in [-0.25, -0.2) is 0 Å². The zero-order valence-corrected chi connectivity index (χ0v) is 6.13. The maximum absolute atomic E-state index is 5.31. The molecule has 0 atom stereocenters. The molecule has 0 heterocycles. The topological polar surface area (TPSA) is 26.0 Å². The Hall–Kier alpha value is -0.370. The van der Waals surface area contributed by atoms with Gasteiger partial charge in [-0.1, -0.05) is 12.2 Å². The van der Waals surface area contributed by atoms with Crippen molar-refractivity contribution >= 4 is 12.6 Å². The Morgan fingerprint density at radius 3 is 1.88 bits per heavy atom. The fourth-order valence-corrected chi connectivity index (χ4v) is 0.321. The maximum Gasteiger partial charge on any atom is 0.0375 e. The summed E-state index contributed by atoms with van der Waals surface area (Å²) in [5, 5.41) is 0. The van der Waals surface area contributed by atoms with E-state index >= 15 is 0 Å². The SMILES string of the molecule is C=C(N)C(S)=C(C)C. The van der Waals surface area contributed by atoms with Gasteiger partial charge in [-0.15, -0.1) is 12.6 Å². The predicted molar refractivity (Wildman–Crippen MR) is 40.7 cm³/mol. The summed E-state index contributed by atoms with van der Waals surface area (Å²) in [6.07, 6.45) is 0. The number of nitrogens with two attached hydrogens (primary N) is 1. The molecule has 0 aliphatic carbocycles. The monoisotopic (exact) mass is 129 g/mol. The molecule has 46 valence electrons. The molecule has 8 heavy (non-hydrogen) atoms. The average Bonchev–Trinajstić information content (AvgIpc) is 1.64. The number of hydrogen-bond acceptors (Lipinski definition) is 2. The van der Waals surface area contributed by atoms with E-state index < -0.39 is 0 Å². The lowest BCUT2D eigenvalue weighted by Gasteiger charge is -1.98. The van der Waals surface area contributed by atoms with Crippen molar-refractivity contribution in [3.05, 3.63) is 22.8 Å². The van der Waals surface area contributed by atoms with Gasteiger partial charge in [-0.2, -0.15) is 0 Å². The van der Waals surface area contributed by atoms with E-state index in [2.05, 4.69) is 19.2 Å². The van der Waals surface area contributed by atoms with Crippen molar-refractivity contribution in [3.8, 4) is 0 Å². The van der Waals surface area contributed by atoms with Crippen LogP contribution in [-0.2, 0) is 0 Å². The van der Waals surface area contributed by atoms with Crippen LogP contribution in [0.3, 0.4) is 0 Å². The molecule has 2 heteroatoms. The van der Waals surface area contributed by atoms with Crippen LogP contribution in [0.5, 0.6) is 0 Å². The third-order valence-corrected chi connectivity index (χ3v) is 1.51. The predicted octanol–water partition coefficient (Wildman–Crippen LogP) is 1.68. The molecule has 0 fully saturated rings. The molecule has 0 aliphatic rings. The van der Waals surface area contributed by atoms with Crippen molar-refractivity contribution < 1.29 is 0 Å². The van der Waals surface area contributed by atoms with Gasteiger partial charge in [-0.3, -0.25) is 0 Å². The molecule has 0 saturated carbocycles. The van der Waals surface area contributed by atoms with E-state index in [9.17, 15) is 0 Å². The van der Waals surface area contributed by atoms with Crippen LogP contribution in [-0.4, -0.2) is 0 Å². The minimum atomic E-state index is 0.535. The van der Waals surface area contributed by atoms with Crippen LogP contribution in [0.2, 0.25) is 0 Å². The molecule has 0 aromatic rings. The lowest BCUT2D eigenvalue weighted by atomic mass is 10.3. The summed E-state index contributed by atoms with van der Waals surface area (Å²) < 4.78 is 0. The molecule has 0 aromatic carbocycles. The smallest absolute Gasteiger partial charge is 0.0375 e. The van der Waals surface area contributed by atoms with Gasteiger partial charge < -0.3 is 5.73 Å². The largest absolute Gasteiger partial charge is 0.398 e. The van der Waals surface area contributed by atoms with Crippen molar-refractivity contribution in [3.63, 3.8) is 0 Å². The van der Waals surface area contributed by atoms with Crippen LogP contribution < -0.4 is 5.73 Å². The molecule has 0 unspecified atom stereocenters. The highest BCUT2D eigenvalue weighted by Crippen LogP contribution is 2.11. The van der Waals surface area contributed by atoms with Gasteiger partial charge in [0.1, 0.15) is 0 Å². The van der Waals surface area contributed by atoms with E-state index in [0.29, 0.717) is 5.70 Å². The lowest BCUT2D eigenvalue weighted by molar-refractivity contribution is 1.31. The molecule has 0 radical (unpaired) electrons. The first-order chi connectivity index (χ1) is 3.55. The van der Waals surface area contributed by atoms with Gasteiger partial charge in [-0.05, 0) is 13.8 Å². The van der Waals surface area contributed by atoms with Gasteiger partial charge in [0.15, 0.2) is 0 Å². The van der Waals surface area contributed by atoms with Crippen LogP contribution in [0.25, 0.3) is 0 Å². The van der Waals surface area contributed by atoms with Crippen LogP contribution in [0, 0.1) is 0 Å². The summed E-state index contributed by atoms with van der Waals surface area (Å²) in [5.41, 5.74) is 6.94. The summed E-state index contributed by atoms with van der Waals surface area (Å²) in [7, 11) is 0. The summed E-state index contributed by atoms with van der Waals surface area (Å²) in [6.45, 7) is 7.41. The first-order valence-electron chi connectivity index (χ1n) is 2.37. The Labute approximate surface area is 55.7 Å². The van der Waals surface area contributed by atoms with Gasteiger partial charge in [0.25, 0.3) is 0 Å². The number of thiol groups is 1. The molecule has 0 bridgehead atoms. The molecular formula is C6H11NS. The first-order valence-corrected chi connectivity index (χ1v) is 2.81. The van der Waals surface area contributed by atoms with Crippen LogP contribution >= 0.6 is 12.6 Å². The van der Waals surface area contributed by atoms with Gasteiger partial charge in [0.05, 0.1) is 0 Å². The van der Waals surface area contributed by atoms with Crippen molar-refractivity contribution in [1.29, 1.82) is 0 Å². The lowest BCUT2D eigenvalue weighted by Crippen LogP contribution is -1.94. The van der Waals surface area contributed by atoms with E-state index in [1.54, 1.807) is 0 Å². The van der Waals surface area contributed by atoms with E-state index in [1.807, 2.05) is 13.8 Å². The first kappa shape index (κ1) is 7.63. The summed E-state index contributed by atoms with van der Waals surface area (Å²) in [6, 6.07) is 0. The highest BCUT2D eigenvalue weighted by atomic mass is 32.1. The fraction of sp³-hybridized carbons (Fsp3) is 0.333. The van der Waals surface area contributed by atoms with Crippen LogP contribution in [0.4, 0.5) is 0 Å². The zero-order valence-electron chi connectivity index (χ0n) is 5.23. The van der Waals surface area contributed by atoms with Crippen molar-refractivity contribution in [1.82, 2.24) is 0 Å². The molecule has 0 aliphatic heterocycles. The third-order valence-electron chi connectivity index (χ3n) is 0.778. The molecule has 2 N–H and O–H groups in total. The molecular weight excluding hydrogens is 118 g/mol. The number of rotatable bonds is 1. The standard InChI is InChI=1S/C6H11NS/c1-4(2)6(8)5(3)7/h8H,3,7H2,1-2H3. The average molecular weight is 129 g/mol. The van der Waals surface area contributed by atoms with Crippen molar-refractivity contribution in [2.45, 2.75) is 13.8 Å². The summed E-state index contributed by atoms with van der Waals surface area (Å²) in [5.74, 6) is 0. The Balaban J connectivity index is 4.23. The minimum absolute atomic E-state index is 0.535. The highest BCUT2D eigenvalue weighted by molar-refractivity contribution is 7.84. The van der Waals surface area contributed by atoms with Crippen molar-refractivity contribution in [2.24, 2.45) is 5.73 Å². The van der Waals surface area contributed by atoms with Crippen LogP contribution in [0.15, 0.2) is 22.8 Å². The maximum atomic E-state index is 5.31. The van der Waals surface area contributed by atoms with E-state index in [0.717, 1.165) is 10.5 Å². The second-order valence-electron chi connectivity index (χ2n) is 1.87. The number of hydrogen-bond donors (Lipinski definition) is 2. The van der Waals surface area contributed by atoms with E-state index in [-0.39, 0.29) is 0 Å². The minimum Gasteiger partial charge on any atom is -0.398 e.